The first-order valence-corrected chi connectivity index (χ1v) is 15.3. The average molecular weight is 570 g/mol. The van der Waals surface area contributed by atoms with Crippen molar-refractivity contribution in [1.82, 2.24) is 14.5 Å². The summed E-state index contributed by atoms with van der Waals surface area (Å²) >= 11 is 0. The maximum Gasteiger partial charge on any atom is 0.204 e. The maximum absolute atomic E-state index is 10.7. The Hall–Kier alpha value is -3.53. The molecule has 1 saturated heterocycles. The molecule has 0 spiro atoms. The first-order valence-electron chi connectivity index (χ1n) is 15.3. The van der Waals surface area contributed by atoms with Crippen molar-refractivity contribution in [1.29, 1.82) is 0 Å². The number of aromatic hydroxyl groups is 1. The highest BCUT2D eigenvalue weighted by Crippen LogP contribution is 2.26. The molecule has 0 saturated carbocycles. The highest BCUT2D eigenvalue weighted by molar-refractivity contribution is 6.51. The molecule has 0 bridgehead atoms. The summed E-state index contributed by atoms with van der Waals surface area (Å²) in [6.07, 6.45) is 2.60. The third-order valence-corrected chi connectivity index (χ3v) is 8.08. The number of benzene rings is 3. The number of aliphatic hydroxyl groups excluding tert-OH is 1. The highest BCUT2D eigenvalue weighted by atomic mass is 16.5. The summed E-state index contributed by atoms with van der Waals surface area (Å²) in [4.78, 5) is 7.43. The van der Waals surface area contributed by atoms with Crippen molar-refractivity contribution >= 4 is 35.4 Å². The molecule has 0 aliphatic carbocycles. The van der Waals surface area contributed by atoms with Gasteiger partial charge in [-0.2, -0.15) is 0 Å². The molecule has 2 heterocycles. The predicted molar refractivity (Wildman–Crippen MR) is 174 cm³/mol. The van der Waals surface area contributed by atoms with Crippen molar-refractivity contribution in [2.45, 2.75) is 46.1 Å². The van der Waals surface area contributed by atoms with E-state index in [9.17, 15) is 10.2 Å². The maximum atomic E-state index is 10.7. The minimum atomic E-state index is 0.189. The molecule has 8 nitrogen and oxygen atoms in total. The van der Waals surface area contributed by atoms with Crippen molar-refractivity contribution < 1.29 is 14.9 Å². The molecule has 0 atom stereocenters. The van der Waals surface area contributed by atoms with Crippen LogP contribution in [-0.4, -0.2) is 77.9 Å². The lowest BCUT2D eigenvalue weighted by Crippen LogP contribution is -2.37. The van der Waals surface area contributed by atoms with E-state index in [1.54, 1.807) is 6.07 Å². The van der Waals surface area contributed by atoms with Crippen molar-refractivity contribution in [3.05, 3.63) is 76.9 Å². The van der Waals surface area contributed by atoms with Crippen molar-refractivity contribution in [3.63, 3.8) is 0 Å². The van der Waals surface area contributed by atoms with Crippen LogP contribution in [0.2, 0.25) is 6.82 Å². The molecule has 42 heavy (non-hydrogen) atoms. The lowest BCUT2D eigenvalue weighted by Gasteiger charge is -2.26. The summed E-state index contributed by atoms with van der Waals surface area (Å²) in [5.74, 6) is 1.13. The van der Waals surface area contributed by atoms with E-state index in [-0.39, 0.29) is 6.61 Å². The fourth-order valence-corrected chi connectivity index (χ4v) is 5.60. The van der Waals surface area contributed by atoms with Crippen LogP contribution in [0.1, 0.15) is 35.1 Å². The number of aliphatic hydroxyl groups is 1. The Labute approximate surface area is 250 Å². The van der Waals surface area contributed by atoms with Crippen LogP contribution in [0.25, 0.3) is 11.0 Å². The van der Waals surface area contributed by atoms with Gasteiger partial charge in [-0.15, -0.1) is 0 Å². The molecule has 1 aliphatic heterocycles. The molecule has 3 aromatic carbocycles. The van der Waals surface area contributed by atoms with Gasteiger partial charge in [0, 0.05) is 44.0 Å². The largest absolute Gasteiger partial charge is 0.508 e. The molecule has 1 aromatic heterocycles. The molecule has 4 aromatic rings. The lowest BCUT2D eigenvalue weighted by atomic mass is 9.73. The number of imidazole rings is 1. The standard InChI is InChI=1S/C33H44BN5O3/c1-24-6-8-26(5-3-16-40)30(19-24)36-22-25-7-10-29-31(20-25)39(23-27-21-28(34-2)9-11-32(27)41)33(37-29)35-12-4-13-38-14-17-42-18-15-38/h6-11,19-21,34,36,40-41H,3-5,12-18,22-23H2,1-2H3,(H,35,37). The van der Waals surface area contributed by atoms with E-state index in [0.29, 0.717) is 18.8 Å². The summed E-state index contributed by atoms with van der Waals surface area (Å²) < 4.78 is 7.68. The van der Waals surface area contributed by atoms with E-state index in [1.165, 1.54) is 16.6 Å². The number of ether oxygens (including phenoxy) is 1. The van der Waals surface area contributed by atoms with E-state index < -0.39 is 0 Å². The number of rotatable bonds is 14. The molecule has 4 N–H and O–H groups in total. The summed E-state index contributed by atoms with van der Waals surface area (Å²) in [6, 6.07) is 18.8. The third-order valence-electron chi connectivity index (χ3n) is 8.08. The zero-order chi connectivity index (χ0) is 29.3. The quantitative estimate of drug-likeness (QED) is 0.135. The first kappa shape index (κ1) is 29.9. The fourth-order valence-electron chi connectivity index (χ4n) is 5.60. The van der Waals surface area contributed by atoms with Gasteiger partial charge in [0.25, 0.3) is 0 Å². The number of hydrogen-bond acceptors (Lipinski definition) is 7. The average Bonchev–Trinajstić information content (AvgIpc) is 3.35. The van der Waals surface area contributed by atoms with E-state index in [1.807, 2.05) is 6.07 Å². The smallest absolute Gasteiger partial charge is 0.204 e. The van der Waals surface area contributed by atoms with Gasteiger partial charge >= 0.3 is 0 Å². The van der Waals surface area contributed by atoms with Gasteiger partial charge in [-0.25, -0.2) is 4.98 Å². The topological polar surface area (TPSA) is 94.8 Å². The zero-order valence-electron chi connectivity index (χ0n) is 25.0. The molecule has 0 unspecified atom stereocenters. The summed E-state index contributed by atoms with van der Waals surface area (Å²) in [6.45, 7) is 11.1. The zero-order valence-corrected chi connectivity index (χ0v) is 25.0. The van der Waals surface area contributed by atoms with Gasteiger partial charge in [-0.05, 0) is 73.7 Å². The molecule has 0 radical (unpaired) electrons. The Morgan fingerprint density at radius 1 is 0.976 bits per heavy atom. The van der Waals surface area contributed by atoms with E-state index in [0.717, 1.165) is 99.7 Å². The van der Waals surface area contributed by atoms with Gasteiger partial charge in [-0.3, -0.25) is 4.90 Å². The molecule has 0 amide bonds. The Kier molecular flexibility index (Phi) is 10.4. The fraction of sp³-hybridized carbons (Fsp3) is 0.424. The minimum Gasteiger partial charge on any atom is -0.508 e. The molecule has 5 rings (SSSR count). The predicted octanol–water partition coefficient (Wildman–Crippen LogP) is 3.88. The third kappa shape index (κ3) is 7.65. The normalized spacial score (nSPS) is 13.9. The van der Waals surface area contributed by atoms with Gasteiger partial charge in [0.2, 0.25) is 5.95 Å². The Balaban J connectivity index is 1.38. The van der Waals surface area contributed by atoms with Crippen LogP contribution in [-0.2, 0) is 24.2 Å². The molecule has 1 fully saturated rings. The van der Waals surface area contributed by atoms with Crippen molar-refractivity contribution in [2.24, 2.45) is 0 Å². The van der Waals surface area contributed by atoms with Crippen LogP contribution < -0.4 is 16.1 Å². The number of aryl methyl sites for hydroxylation is 2. The highest BCUT2D eigenvalue weighted by Gasteiger charge is 2.15. The minimum absolute atomic E-state index is 0.189. The number of nitrogens with zero attached hydrogens (tertiary/aromatic N) is 3. The number of nitrogens with one attached hydrogen (secondary N) is 2. The van der Waals surface area contributed by atoms with Crippen LogP contribution in [0.3, 0.4) is 0 Å². The summed E-state index contributed by atoms with van der Waals surface area (Å²) in [5, 5.41) is 27.3. The molecule has 222 valence electrons. The van der Waals surface area contributed by atoms with Gasteiger partial charge in [-0.1, -0.05) is 42.6 Å². The SMILES string of the molecule is CBc1ccc(O)c(Cn2c(NCCCN3CCOCC3)nc3ccc(CNc4cc(C)ccc4CCCO)cc32)c1. The van der Waals surface area contributed by atoms with Crippen molar-refractivity contribution in [3.8, 4) is 5.75 Å². The number of hydrogen-bond donors (Lipinski definition) is 4. The second-order valence-electron chi connectivity index (χ2n) is 11.2. The second kappa shape index (κ2) is 14.6. The van der Waals surface area contributed by atoms with Gasteiger partial charge < -0.3 is 30.2 Å². The van der Waals surface area contributed by atoms with E-state index in [4.69, 9.17) is 9.72 Å². The molecule has 9 heteroatoms. The summed E-state index contributed by atoms with van der Waals surface area (Å²) in [7, 11) is 0.916. The Morgan fingerprint density at radius 2 is 1.83 bits per heavy atom. The Morgan fingerprint density at radius 3 is 2.64 bits per heavy atom. The number of morpholine rings is 1. The van der Waals surface area contributed by atoms with Gasteiger partial charge in [0.1, 0.15) is 5.75 Å². The summed E-state index contributed by atoms with van der Waals surface area (Å²) in [5.41, 5.74) is 8.75. The monoisotopic (exact) mass is 569 g/mol. The lowest BCUT2D eigenvalue weighted by molar-refractivity contribution is 0.0378. The van der Waals surface area contributed by atoms with Crippen LogP contribution >= 0.6 is 0 Å². The number of anilines is 2. The van der Waals surface area contributed by atoms with Gasteiger partial charge in [0.05, 0.1) is 30.8 Å². The first-order chi connectivity index (χ1) is 20.5. The van der Waals surface area contributed by atoms with E-state index in [2.05, 4.69) is 76.3 Å². The van der Waals surface area contributed by atoms with Crippen LogP contribution in [0, 0.1) is 6.92 Å². The Bertz CT molecular complexity index is 1470. The number of aromatic nitrogens is 2. The number of fused-ring (bicyclic) bond motifs is 1. The van der Waals surface area contributed by atoms with E-state index >= 15 is 0 Å². The number of phenolic OH excluding ortho intramolecular Hbond substituents is 1. The second-order valence-corrected chi connectivity index (χ2v) is 11.2. The number of phenols is 1. The van der Waals surface area contributed by atoms with Crippen LogP contribution in [0.15, 0.2) is 54.6 Å². The van der Waals surface area contributed by atoms with Crippen molar-refractivity contribution in [2.75, 3.05) is 56.6 Å². The molecule has 1 aliphatic rings. The molecular formula is C33H44BN5O3. The van der Waals surface area contributed by atoms with Crippen LogP contribution in [0.4, 0.5) is 11.6 Å². The van der Waals surface area contributed by atoms with Crippen LogP contribution in [0.5, 0.6) is 5.75 Å². The van der Waals surface area contributed by atoms with Gasteiger partial charge in [0.15, 0.2) is 7.28 Å². The molecular weight excluding hydrogens is 525 g/mol.